The van der Waals surface area contributed by atoms with Gasteiger partial charge in [0, 0.05) is 38.4 Å². The number of rotatable bonds is 6. The molecule has 0 saturated carbocycles. The van der Waals surface area contributed by atoms with Gasteiger partial charge in [-0.15, -0.1) is 0 Å². The number of β-amino-alcohol motifs (C(OH)–C–C–N with tert-alkyl or cyclic N) is 1. The molecule has 1 aliphatic heterocycles. The predicted molar refractivity (Wildman–Crippen MR) is 102 cm³/mol. The van der Waals surface area contributed by atoms with Crippen LogP contribution in [0.1, 0.15) is 24.2 Å². The molecule has 1 atom stereocenters. The van der Waals surface area contributed by atoms with E-state index in [1.165, 1.54) is 11.3 Å². The first kappa shape index (κ1) is 17.8. The Morgan fingerprint density at radius 1 is 1.00 bits per heavy atom. The molecule has 1 fully saturated rings. The molecule has 0 amide bonds. The first-order valence-electron chi connectivity index (χ1n) is 9.11. The van der Waals surface area contributed by atoms with E-state index >= 15 is 0 Å². The van der Waals surface area contributed by atoms with Crippen molar-refractivity contribution < 1.29 is 9.84 Å². The van der Waals surface area contributed by atoms with Crippen molar-refractivity contribution in [3.05, 3.63) is 59.7 Å². The molecular formula is C21H28N2O2. The Balaban J connectivity index is 1.52. The van der Waals surface area contributed by atoms with E-state index in [4.69, 9.17) is 4.74 Å². The number of nitrogens with zero attached hydrogens (tertiary/aromatic N) is 2. The number of para-hydroxylation sites is 1. The van der Waals surface area contributed by atoms with E-state index in [9.17, 15) is 5.11 Å². The average Bonchev–Trinajstić information content (AvgIpc) is 2.64. The Morgan fingerprint density at radius 3 is 2.32 bits per heavy atom. The molecule has 0 bridgehead atoms. The summed E-state index contributed by atoms with van der Waals surface area (Å²) in [5, 5.41) is 10.5. The van der Waals surface area contributed by atoms with Gasteiger partial charge in [-0.2, -0.15) is 0 Å². The van der Waals surface area contributed by atoms with Gasteiger partial charge in [0.2, 0.25) is 0 Å². The highest BCUT2D eigenvalue weighted by atomic mass is 16.5. The van der Waals surface area contributed by atoms with E-state index in [1.807, 2.05) is 31.2 Å². The van der Waals surface area contributed by atoms with Crippen molar-refractivity contribution in [2.24, 2.45) is 0 Å². The van der Waals surface area contributed by atoms with E-state index < -0.39 is 6.10 Å². The molecule has 4 heteroatoms. The second kappa shape index (κ2) is 8.37. The smallest absolute Gasteiger partial charge is 0.119 e. The summed E-state index contributed by atoms with van der Waals surface area (Å²) in [7, 11) is 0. The zero-order valence-corrected chi connectivity index (χ0v) is 15.2. The highest BCUT2D eigenvalue weighted by Gasteiger charge is 2.20. The monoisotopic (exact) mass is 340 g/mol. The summed E-state index contributed by atoms with van der Waals surface area (Å²) in [5.41, 5.74) is 3.60. The number of hydrogen-bond donors (Lipinski definition) is 1. The van der Waals surface area contributed by atoms with Crippen LogP contribution in [-0.2, 0) is 0 Å². The fraction of sp³-hybridized carbons (Fsp3) is 0.429. The lowest BCUT2D eigenvalue weighted by Crippen LogP contribution is -2.47. The summed E-state index contributed by atoms with van der Waals surface area (Å²) < 4.78 is 5.46. The van der Waals surface area contributed by atoms with Crippen LogP contribution in [0.25, 0.3) is 0 Å². The molecular weight excluding hydrogens is 312 g/mol. The second-order valence-electron chi connectivity index (χ2n) is 6.59. The summed E-state index contributed by atoms with van der Waals surface area (Å²) in [4.78, 5) is 4.78. The Bertz CT molecular complexity index is 664. The number of piperazine rings is 1. The molecule has 0 spiro atoms. The molecule has 3 rings (SSSR count). The van der Waals surface area contributed by atoms with Gasteiger partial charge in [0.25, 0.3) is 0 Å². The molecule has 2 aromatic rings. The normalized spacial score (nSPS) is 16.7. The predicted octanol–water partition coefficient (Wildman–Crippen LogP) is 3.25. The molecule has 1 heterocycles. The van der Waals surface area contributed by atoms with Gasteiger partial charge >= 0.3 is 0 Å². The van der Waals surface area contributed by atoms with Crippen LogP contribution in [0.15, 0.2) is 48.5 Å². The number of aliphatic hydroxyl groups is 1. The van der Waals surface area contributed by atoms with Crippen LogP contribution in [0.3, 0.4) is 0 Å². The highest BCUT2D eigenvalue weighted by Crippen LogP contribution is 2.23. The molecule has 1 N–H and O–H groups in total. The lowest BCUT2D eigenvalue weighted by Gasteiger charge is -2.37. The van der Waals surface area contributed by atoms with Gasteiger partial charge in [-0.3, -0.25) is 4.90 Å². The molecule has 25 heavy (non-hydrogen) atoms. The first-order valence-corrected chi connectivity index (χ1v) is 9.11. The maximum absolute atomic E-state index is 10.5. The summed E-state index contributed by atoms with van der Waals surface area (Å²) in [6.45, 7) is 9.42. The number of anilines is 1. The number of hydrogen-bond acceptors (Lipinski definition) is 4. The molecule has 134 valence electrons. The summed E-state index contributed by atoms with van der Waals surface area (Å²) in [6.07, 6.45) is -0.458. The molecule has 0 aliphatic carbocycles. The minimum absolute atomic E-state index is 0.458. The van der Waals surface area contributed by atoms with Crippen molar-refractivity contribution in [3.63, 3.8) is 0 Å². The highest BCUT2D eigenvalue weighted by molar-refractivity contribution is 5.53. The lowest BCUT2D eigenvalue weighted by molar-refractivity contribution is 0.109. The number of ether oxygens (including phenoxy) is 1. The van der Waals surface area contributed by atoms with Gasteiger partial charge < -0.3 is 14.7 Å². The zero-order valence-electron chi connectivity index (χ0n) is 15.2. The van der Waals surface area contributed by atoms with Crippen LogP contribution in [0.2, 0.25) is 0 Å². The standard InChI is InChI=1S/C21H28N2O2/c1-3-25-19-10-8-18(9-11-19)21(24)16-22-12-14-23(15-13-22)20-7-5-4-6-17(20)2/h4-11,21,24H,3,12-16H2,1-2H3/t21-/m1/s1. The molecule has 1 aliphatic rings. The molecule has 0 unspecified atom stereocenters. The third-order valence-corrected chi connectivity index (χ3v) is 4.84. The van der Waals surface area contributed by atoms with Crippen LogP contribution in [0.4, 0.5) is 5.69 Å². The largest absolute Gasteiger partial charge is 0.494 e. The van der Waals surface area contributed by atoms with Gasteiger partial charge in [0.15, 0.2) is 0 Å². The third-order valence-electron chi connectivity index (χ3n) is 4.84. The summed E-state index contributed by atoms with van der Waals surface area (Å²) in [6, 6.07) is 16.3. The van der Waals surface area contributed by atoms with Gasteiger partial charge in [-0.25, -0.2) is 0 Å². The van der Waals surface area contributed by atoms with Gasteiger partial charge in [0.1, 0.15) is 5.75 Å². The van der Waals surface area contributed by atoms with Crippen LogP contribution in [0, 0.1) is 6.92 Å². The summed E-state index contributed by atoms with van der Waals surface area (Å²) in [5.74, 6) is 0.852. The van der Waals surface area contributed by atoms with E-state index in [-0.39, 0.29) is 0 Å². The molecule has 0 radical (unpaired) electrons. The SMILES string of the molecule is CCOc1ccc([C@H](O)CN2CCN(c3ccccc3C)CC2)cc1. The Hall–Kier alpha value is -2.04. The van der Waals surface area contributed by atoms with Gasteiger partial charge in [-0.05, 0) is 43.2 Å². The van der Waals surface area contributed by atoms with Gasteiger partial charge in [0.05, 0.1) is 12.7 Å². The molecule has 2 aromatic carbocycles. The fourth-order valence-corrected chi connectivity index (χ4v) is 3.39. The maximum atomic E-state index is 10.5. The maximum Gasteiger partial charge on any atom is 0.119 e. The second-order valence-corrected chi connectivity index (χ2v) is 6.59. The lowest BCUT2D eigenvalue weighted by atomic mass is 10.1. The van der Waals surface area contributed by atoms with E-state index in [0.717, 1.165) is 37.5 Å². The minimum atomic E-state index is -0.458. The molecule has 4 nitrogen and oxygen atoms in total. The Kier molecular flexibility index (Phi) is 5.95. The minimum Gasteiger partial charge on any atom is -0.494 e. The topological polar surface area (TPSA) is 35.9 Å². The Morgan fingerprint density at radius 2 is 1.68 bits per heavy atom. The number of benzene rings is 2. The summed E-state index contributed by atoms with van der Waals surface area (Å²) >= 11 is 0. The third kappa shape index (κ3) is 4.53. The first-order chi connectivity index (χ1) is 12.2. The van der Waals surface area contributed by atoms with Crippen molar-refractivity contribution in [3.8, 4) is 5.75 Å². The Labute approximate surface area is 150 Å². The van der Waals surface area contributed by atoms with E-state index in [0.29, 0.717) is 13.2 Å². The molecule has 0 aromatic heterocycles. The quantitative estimate of drug-likeness (QED) is 0.876. The molecule has 1 saturated heterocycles. The van der Waals surface area contributed by atoms with E-state index in [2.05, 4.69) is 41.0 Å². The van der Waals surface area contributed by atoms with E-state index in [1.54, 1.807) is 0 Å². The van der Waals surface area contributed by atoms with Crippen LogP contribution in [-0.4, -0.2) is 49.3 Å². The zero-order chi connectivity index (χ0) is 17.6. The number of aliphatic hydroxyl groups excluding tert-OH is 1. The fourth-order valence-electron chi connectivity index (χ4n) is 3.39. The van der Waals surface area contributed by atoms with Crippen molar-refractivity contribution in [1.82, 2.24) is 4.90 Å². The van der Waals surface area contributed by atoms with Crippen LogP contribution >= 0.6 is 0 Å². The van der Waals surface area contributed by atoms with Crippen molar-refractivity contribution in [2.75, 3.05) is 44.2 Å². The number of aryl methyl sites for hydroxylation is 1. The van der Waals surface area contributed by atoms with Crippen LogP contribution in [0.5, 0.6) is 5.75 Å². The van der Waals surface area contributed by atoms with Crippen molar-refractivity contribution in [2.45, 2.75) is 20.0 Å². The average molecular weight is 340 g/mol. The van der Waals surface area contributed by atoms with Crippen molar-refractivity contribution in [1.29, 1.82) is 0 Å². The van der Waals surface area contributed by atoms with Crippen molar-refractivity contribution >= 4 is 5.69 Å². The van der Waals surface area contributed by atoms with Crippen LogP contribution < -0.4 is 9.64 Å². The van der Waals surface area contributed by atoms with Gasteiger partial charge in [-0.1, -0.05) is 30.3 Å².